The highest BCUT2D eigenvalue weighted by atomic mass is 16.5. The van der Waals surface area contributed by atoms with Gasteiger partial charge in [-0.25, -0.2) is 4.79 Å². The van der Waals surface area contributed by atoms with E-state index < -0.39 is 0 Å². The average molecular weight is 331 g/mol. The van der Waals surface area contributed by atoms with Crippen molar-refractivity contribution in [1.82, 2.24) is 9.80 Å². The van der Waals surface area contributed by atoms with Crippen LogP contribution in [0.4, 0.5) is 10.5 Å². The van der Waals surface area contributed by atoms with Crippen LogP contribution in [0.15, 0.2) is 18.2 Å². The van der Waals surface area contributed by atoms with Crippen LogP contribution >= 0.6 is 0 Å². The maximum absolute atomic E-state index is 12.9. The number of carbonyl (C=O) groups excluding carboxylic acids is 1. The molecule has 2 aliphatic heterocycles. The first-order valence-electron chi connectivity index (χ1n) is 9.12. The van der Waals surface area contributed by atoms with Crippen LogP contribution in [0.25, 0.3) is 0 Å². The number of amides is 2. The van der Waals surface area contributed by atoms with Crippen LogP contribution in [0.3, 0.4) is 0 Å². The third-order valence-electron chi connectivity index (χ3n) is 5.24. The molecule has 0 aromatic heterocycles. The van der Waals surface area contributed by atoms with Crippen molar-refractivity contribution in [3.05, 3.63) is 23.8 Å². The molecule has 132 valence electrons. The molecule has 2 fully saturated rings. The third kappa shape index (κ3) is 3.83. The summed E-state index contributed by atoms with van der Waals surface area (Å²) in [6, 6.07) is 6.16. The fourth-order valence-electron chi connectivity index (χ4n) is 3.87. The Labute approximate surface area is 145 Å². The molecule has 24 heavy (non-hydrogen) atoms. The molecule has 1 N–H and O–H groups in total. The minimum absolute atomic E-state index is 0.00602. The Hall–Kier alpha value is -1.75. The zero-order chi connectivity index (χ0) is 16.9. The summed E-state index contributed by atoms with van der Waals surface area (Å²) in [4.78, 5) is 17.5. The molecule has 2 heterocycles. The molecule has 0 bridgehead atoms. The predicted octanol–water partition coefficient (Wildman–Crippen LogP) is 3.49. The number of piperidine rings is 1. The number of rotatable bonds is 4. The van der Waals surface area contributed by atoms with Crippen LogP contribution in [0.1, 0.15) is 37.7 Å². The average Bonchev–Trinajstić information content (AvgIpc) is 3.10. The van der Waals surface area contributed by atoms with Gasteiger partial charge in [-0.15, -0.1) is 0 Å². The second-order valence-electron chi connectivity index (χ2n) is 6.93. The van der Waals surface area contributed by atoms with Gasteiger partial charge in [0.1, 0.15) is 5.75 Å². The van der Waals surface area contributed by atoms with E-state index in [4.69, 9.17) is 4.74 Å². The summed E-state index contributed by atoms with van der Waals surface area (Å²) < 4.78 is 5.41. The van der Waals surface area contributed by atoms with E-state index >= 15 is 0 Å². The Kier molecular flexibility index (Phi) is 5.61. The molecule has 1 atom stereocenters. The molecule has 0 radical (unpaired) electrons. The molecular weight excluding hydrogens is 302 g/mol. The number of benzene rings is 1. The maximum atomic E-state index is 12.9. The number of methoxy groups -OCH3 is 1. The second kappa shape index (κ2) is 7.88. The van der Waals surface area contributed by atoms with Crippen molar-refractivity contribution in [3.63, 3.8) is 0 Å². The monoisotopic (exact) mass is 331 g/mol. The van der Waals surface area contributed by atoms with Gasteiger partial charge in [0.2, 0.25) is 0 Å². The van der Waals surface area contributed by atoms with Gasteiger partial charge in [0, 0.05) is 19.1 Å². The first-order chi connectivity index (χ1) is 11.7. The van der Waals surface area contributed by atoms with Gasteiger partial charge in [-0.2, -0.15) is 0 Å². The lowest BCUT2D eigenvalue weighted by atomic mass is 10.0. The summed E-state index contributed by atoms with van der Waals surface area (Å²) in [6.07, 6.45) is 6.00. The summed E-state index contributed by atoms with van der Waals surface area (Å²) in [6.45, 7) is 6.21. The van der Waals surface area contributed by atoms with Gasteiger partial charge in [0.05, 0.1) is 12.8 Å². The quantitative estimate of drug-likeness (QED) is 0.918. The Balaban J connectivity index is 1.70. The van der Waals surface area contributed by atoms with Crippen molar-refractivity contribution < 1.29 is 9.53 Å². The largest absolute Gasteiger partial charge is 0.495 e. The summed E-state index contributed by atoms with van der Waals surface area (Å²) in [5, 5.41) is 3.10. The number of aryl methyl sites for hydroxylation is 1. The highest BCUT2D eigenvalue weighted by molar-refractivity contribution is 5.92. The van der Waals surface area contributed by atoms with E-state index in [0.717, 1.165) is 42.9 Å². The Morgan fingerprint density at radius 2 is 1.96 bits per heavy atom. The topological polar surface area (TPSA) is 44.8 Å². The fourth-order valence-corrected chi connectivity index (χ4v) is 3.87. The van der Waals surface area contributed by atoms with Crippen LogP contribution in [-0.4, -0.2) is 55.2 Å². The number of hydrogen-bond donors (Lipinski definition) is 1. The van der Waals surface area contributed by atoms with E-state index in [9.17, 15) is 4.79 Å². The summed E-state index contributed by atoms with van der Waals surface area (Å²) in [5.41, 5.74) is 1.81. The molecule has 5 nitrogen and oxygen atoms in total. The van der Waals surface area contributed by atoms with Gasteiger partial charge in [-0.05, 0) is 63.7 Å². The number of para-hydroxylation sites is 1. The number of ether oxygens (including phenoxy) is 1. The molecule has 0 spiro atoms. The zero-order valence-electron chi connectivity index (χ0n) is 14.9. The van der Waals surface area contributed by atoms with Crippen molar-refractivity contribution in [1.29, 1.82) is 0 Å². The maximum Gasteiger partial charge on any atom is 0.322 e. The minimum Gasteiger partial charge on any atom is -0.495 e. The molecule has 1 aromatic carbocycles. The van der Waals surface area contributed by atoms with Crippen molar-refractivity contribution in [2.45, 2.75) is 45.1 Å². The molecule has 0 unspecified atom stereocenters. The Bertz CT molecular complexity index is 570. The van der Waals surface area contributed by atoms with E-state index in [0.29, 0.717) is 6.04 Å². The minimum atomic E-state index is 0.00602. The molecule has 2 amide bonds. The molecule has 2 saturated heterocycles. The SMILES string of the molecule is COc1cccc(C)c1NC(=O)N1CCCC[C@H]1CN1CCCC1. The van der Waals surface area contributed by atoms with E-state index in [1.54, 1.807) is 7.11 Å². The summed E-state index contributed by atoms with van der Waals surface area (Å²) in [7, 11) is 1.64. The molecule has 2 aliphatic rings. The van der Waals surface area contributed by atoms with Crippen molar-refractivity contribution >= 4 is 11.7 Å². The molecule has 5 heteroatoms. The van der Waals surface area contributed by atoms with Gasteiger partial charge >= 0.3 is 6.03 Å². The molecular formula is C19H29N3O2. The number of likely N-dealkylation sites (tertiary alicyclic amines) is 2. The standard InChI is InChI=1S/C19H29N3O2/c1-15-8-7-10-17(24-2)18(15)20-19(23)22-13-4-3-9-16(22)14-21-11-5-6-12-21/h7-8,10,16H,3-6,9,11-14H2,1-2H3,(H,20,23)/t16-/m0/s1. The van der Waals surface area contributed by atoms with E-state index in [1.165, 1.54) is 32.4 Å². The Morgan fingerprint density at radius 1 is 1.21 bits per heavy atom. The van der Waals surface area contributed by atoms with Gasteiger partial charge in [-0.1, -0.05) is 12.1 Å². The van der Waals surface area contributed by atoms with Crippen molar-refractivity contribution in [2.75, 3.05) is 38.6 Å². The van der Waals surface area contributed by atoms with Crippen molar-refractivity contribution in [3.8, 4) is 5.75 Å². The van der Waals surface area contributed by atoms with E-state index in [-0.39, 0.29) is 6.03 Å². The zero-order valence-corrected chi connectivity index (χ0v) is 14.9. The van der Waals surface area contributed by atoms with Crippen LogP contribution in [0.2, 0.25) is 0 Å². The van der Waals surface area contributed by atoms with Crippen LogP contribution in [-0.2, 0) is 0 Å². The number of urea groups is 1. The van der Waals surface area contributed by atoms with E-state index in [2.05, 4.69) is 10.2 Å². The smallest absolute Gasteiger partial charge is 0.322 e. The lowest BCUT2D eigenvalue weighted by molar-refractivity contribution is 0.136. The lowest BCUT2D eigenvalue weighted by Crippen LogP contribution is -2.50. The molecule has 3 rings (SSSR count). The highest BCUT2D eigenvalue weighted by Gasteiger charge is 2.29. The van der Waals surface area contributed by atoms with Crippen LogP contribution in [0.5, 0.6) is 5.75 Å². The molecule has 0 aliphatic carbocycles. The van der Waals surface area contributed by atoms with E-state index in [1.807, 2.05) is 30.0 Å². The van der Waals surface area contributed by atoms with Crippen LogP contribution in [0, 0.1) is 6.92 Å². The first kappa shape index (κ1) is 17.1. The molecule has 0 saturated carbocycles. The van der Waals surface area contributed by atoms with Gasteiger partial charge in [0.25, 0.3) is 0 Å². The predicted molar refractivity (Wildman–Crippen MR) is 96.8 cm³/mol. The number of hydrogen-bond acceptors (Lipinski definition) is 3. The normalized spacial score (nSPS) is 21.8. The second-order valence-corrected chi connectivity index (χ2v) is 6.93. The summed E-state index contributed by atoms with van der Waals surface area (Å²) in [5.74, 6) is 0.719. The Morgan fingerprint density at radius 3 is 2.71 bits per heavy atom. The van der Waals surface area contributed by atoms with Crippen LogP contribution < -0.4 is 10.1 Å². The van der Waals surface area contributed by atoms with Crippen molar-refractivity contribution in [2.24, 2.45) is 0 Å². The van der Waals surface area contributed by atoms with Gasteiger partial charge < -0.3 is 19.9 Å². The number of nitrogens with one attached hydrogen (secondary N) is 1. The lowest BCUT2D eigenvalue weighted by Gasteiger charge is -2.38. The van der Waals surface area contributed by atoms with Gasteiger partial charge in [-0.3, -0.25) is 0 Å². The highest BCUT2D eigenvalue weighted by Crippen LogP contribution is 2.29. The number of nitrogens with zero attached hydrogens (tertiary/aromatic N) is 2. The number of carbonyl (C=O) groups is 1. The number of anilines is 1. The first-order valence-corrected chi connectivity index (χ1v) is 9.12. The summed E-state index contributed by atoms with van der Waals surface area (Å²) >= 11 is 0. The third-order valence-corrected chi connectivity index (χ3v) is 5.24. The fraction of sp³-hybridized carbons (Fsp3) is 0.632. The molecule has 1 aromatic rings. The van der Waals surface area contributed by atoms with Gasteiger partial charge in [0.15, 0.2) is 0 Å².